The summed E-state index contributed by atoms with van der Waals surface area (Å²) in [6.07, 6.45) is 8.02. The molecule has 5 fully saturated rings. The Morgan fingerprint density at radius 1 is 1.10 bits per heavy atom. The summed E-state index contributed by atoms with van der Waals surface area (Å²) in [5, 5.41) is 5.84. The molecule has 4 aliphatic carbocycles. The Morgan fingerprint density at radius 3 is 2.48 bits per heavy atom. The van der Waals surface area contributed by atoms with Crippen LogP contribution in [0.4, 0.5) is 0 Å². The van der Waals surface area contributed by atoms with Gasteiger partial charge in [-0.3, -0.25) is 4.79 Å². The summed E-state index contributed by atoms with van der Waals surface area (Å²) in [6.45, 7) is 1.62. The largest absolute Gasteiger partial charge is 0.355 e. The number of carbonyl (C=O) groups excluding carboxylic acids is 1. The van der Waals surface area contributed by atoms with Crippen LogP contribution in [-0.2, 0) is 14.8 Å². The second-order valence-electron chi connectivity index (χ2n) is 10.5. The van der Waals surface area contributed by atoms with Crippen LogP contribution in [0.2, 0.25) is 0 Å². The van der Waals surface area contributed by atoms with Crippen molar-refractivity contribution in [1.82, 2.24) is 9.62 Å². The lowest BCUT2D eigenvalue weighted by molar-refractivity contribution is -0.146. The van der Waals surface area contributed by atoms with Gasteiger partial charge in [0.05, 0.1) is 0 Å². The monoisotopic (exact) mass is 458 g/mol. The molecule has 7 rings (SSSR count). The van der Waals surface area contributed by atoms with Crippen LogP contribution in [0.15, 0.2) is 34.5 Å². The molecule has 166 valence electrons. The third-order valence-corrected chi connectivity index (χ3v) is 11.4. The SMILES string of the molecule is O=C(NCC1CCN(S(=O)(=O)c2csc3ccccc23)C1)C12CC3CC(CC(C3)C1)C2. The van der Waals surface area contributed by atoms with Crippen LogP contribution in [0.1, 0.15) is 44.9 Å². The van der Waals surface area contributed by atoms with Crippen molar-refractivity contribution in [1.29, 1.82) is 0 Å². The second-order valence-corrected chi connectivity index (χ2v) is 13.3. The first kappa shape index (κ1) is 20.2. The van der Waals surface area contributed by atoms with Gasteiger partial charge in [-0.25, -0.2) is 8.42 Å². The Morgan fingerprint density at radius 2 is 1.77 bits per heavy atom. The molecular formula is C24H30N2O3S2. The number of fused-ring (bicyclic) bond motifs is 1. The molecule has 0 radical (unpaired) electrons. The lowest BCUT2D eigenvalue weighted by atomic mass is 9.49. The van der Waals surface area contributed by atoms with E-state index in [0.717, 1.165) is 53.5 Å². The highest BCUT2D eigenvalue weighted by Gasteiger charge is 2.54. The molecule has 4 bridgehead atoms. The minimum absolute atomic E-state index is 0.130. The summed E-state index contributed by atoms with van der Waals surface area (Å²) in [5.41, 5.74) is -0.130. The van der Waals surface area contributed by atoms with Crippen LogP contribution in [0.3, 0.4) is 0 Å². The van der Waals surface area contributed by atoms with E-state index in [9.17, 15) is 13.2 Å². The minimum Gasteiger partial charge on any atom is -0.355 e. The van der Waals surface area contributed by atoms with Crippen LogP contribution in [-0.4, -0.2) is 38.3 Å². The van der Waals surface area contributed by atoms with E-state index in [-0.39, 0.29) is 17.2 Å². The van der Waals surface area contributed by atoms with Crippen LogP contribution in [0.5, 0.6) is 0 Å². The molecule has 1 aliphatic heterocycles. The summed E-state index contributed by atoms with van der Waals surface area (Å²) >= 11 is 1.48. The standard InChI is InChI=1S/C24H30N2O3S2/c27-23(24-10-17-7-18(11-24)9-19(8-17)12-24)25-13-16-5-6-26(14-16)31(28,29)22-15-30-21-4-2-1-3-20(21)22/h1-4,15-19H,5-14H2,(H,25,27). The van der Waals surface area contributed by atoms with E-state index in [1.165, 1.54) is 30.6 Å². The zero-order valence-electron chi connectivity index (χ0n) is 17.8. The summed E-state index contributed by atoms with van der Waals surface area (Å²) < 4.78 is 29.1. The highest BCUT2D eigenvalue weighted by molar-refractivity contribution is 7.89. The molecule has 1 aromatic carbocycles. The number of benzene rings is 1. The fraction of sp³-hybridized carbons (Fsp3) is 0.625. The molecule has 1 atom stereocenters. The average molecular weight is 459 g/mol. The number of sulfonamides is 1. The van der Waals surface area contributed by atoms with E-state index in [2.05, 4.69) is 5.32 Å². The number of carbonyl (C=O) groups is 1. The zero-order valence-corrected chi connectivity index (χ0v) is 19.4. The van der Waals surface area contributed by atoms with E-state index in [1.54, 1.807) is 9.69 Å². The van der Waals surface area contributed by atoms with Crippen molar-refractivity contribution in [3.8, 4) is 0 Å². The lowest BCUT2D eigenvalue weighted by Gasteiger charge is -2.55. The lowest BCUT2D eigenvalue weighted by Crippen LogP contribution is -2.54. The molecule has 1 N–H and O–H groups in total. The van der Waals surface area contributed by atoms with Crippen molar-refractivity contribution in [3.05, 3.63) is 29.6 Å². The maximum Gasteiger partial charge on any atom is 0.244 e. The number of hydrogen-bond donors (Lipinski definition) is 1. The first-order valence-electron chi connectivity index (χ1n) is 11.7. The highest BCUT2D eigenvalue weighted by atomic mass is 32.2. The molecule has 1 unspecified atom stereocenters. The van der Waals surface area contributed by atoms with E-state index in [1.807, 2.05) is 24.3 Å². The van der Waals surface area contributed by atoms with Gasteiger partial charge < -0.3 is 5.32 Å². The number of rotatable bonds is 5. The molecule has 0 spiro atoms. The van der Waals surface area contributed by atoms with Crippen molar-refractivity contribution < 1.29 is 13.2 Å². The van der Waals surface area contributed by atoms with Crippen LogP contribution < -0.4 is 5.32 Å². The third kappa shape index (κ3) is 3.35. The molecule has 2 heterocycles. The van der Waals surface area contributed by atoms with E-state index in [4.69, 9.17) is 0 Å². The van der Waals surface area contributed by atoms with Crippen LogP contribution in [0, 0.1) is 29.1 Å². The number of nitrogens with zero attached hydrogens (tertiary/aromatic N) is 1. The molecule has 4 saturated carbocycles. The van der Waals surface area contributed by atoms with Crippen LogP contribution in [0.25, 0.3) is 10.1 Å². The Kier molecular flexibility index (Phi) is 4.75. The topological polar surface area (TPSA) is 66.5 Å². The minimum atomic E-state index is -3.50. The maximum atomic E-state index is 13.3. The van der Waals surface area contributed by atoms with E-state index in [0.29, 0.717) is 24.5 Å². The number of thiophene rings is 1. The van der Waals surface area contributed by atoms with Gasteiger partial charge in [-0.1, -0.05) is 18.2 Å². The normalized spacial score (nSPS) is 35.1. The van der Waals surface area contributed by atoms with Gasteiger partial charge in [0.2, 0.25) is 15.9 Å². The van der Waals surface area contributed by atoms with Gasteiger partial charge in [-0.15, -0.1) is 11.3 Å². The van der Waals surface area contributed by atoms with Gasteiger partial charge in [0, 0.05) is 40.5 Å². The van der Waals surface area contributed by atoms with Crippen molar-refractivity contribution in [2.24, 2.45) is 29.1 Å². The summed E-state index contributed by atoms with van der Waals surface area (Å²) in [4.78, 5) is 13.6. The van der Waals surface area contributed by atoms with Gasteiger partial charge in [0.25, 0.3) is 0 Å². The first-order chi connectivity index (χ1) is 14.9. The van der Waals surface area contributed by atoms with Gasteiger partial charge in [0.1, 0.15) is 4.90 Å². The summed E-state index contributed by atoms with van der Waals surface area (Å²) in [6, 6.07) is 7.68. The van der Waals surface area contributed by atoms with Crippen molar-refractivity contribution >= 4 is 37.4 Å². The molecule has 1 amide bonds. The molecule has 5 aliphatic rings. The molecule has 7 heteroatoms. The summed E-state index contributed by atoms with van der Waals surface area (Å²) in [7, 11) is -3.50. The fourth-order valence-electron chi connectivity index (χ4n) is 7.29. The first-order valence-corrected chi connectivity index (χ1v) is 14.0. The summed E-state index contributed by atoms with van der Waals surface area (Å²) in [5.74, 6) is 2.70. The zero-order chi connectivity index (χ0) is 21.2. The average Bonchev–Trinajstić information content (AvgIpc) is 3.39. The van der Waals surface area contributed by atoms with Crippen molar-refractivity contribution in [2.75, 3.05) is 19.6 Å². The Labute approximate surface area is 188 Å². The van der Waals surface area contributed by atoms with Gasteiger partial charge in [-0.05, 0) is 74.7 Å². The molecule has 1 saturated heterocycles. The van der Waals surface area contributed by atoms with E-state index >= 15 is 0 Å². The molecular weight excluding hydrogens is 428 g/mol. The quantitative estimate of drug-likeness (QED) is 0.729. The van der Waals surface area contributed by atoms with E-state index < -0.39 is 10.0 Å². The third-order valence-electron chi connectivity index (χ3n) is 8.38. The predicted molar refractivity (Wildman–Crippen MR) is 122 cm³/mol. The number of amides is 1. The van der Waals surface area contributed by atoms with Gasteiger partial charge >= 0.3 is 0 Å². The van der Waals surface area contributed by atoms with Crippen molar-refractivity contribution in [2.45, 2.75) is 49.8 Å². The van der Waals surface area contributed by atoms with Gasteiger partial charge in [-0.2, -0.15) is 4.31 Å². The Balaban J connectivity index is 1.11. The number of hydrogen-bond acceptors (Lipinski definition) is 4. The number of nitrogens with one attached hydrogen (secondary N) is 1. The smallest absolute Gasteiger partial charge is 0.244 e. The molecule has 2 aromatic rings. The van der Waals surface area contributed by atoms with Gasteiger partial charge in [0.15, 0.2) is 0 Å². The maximum absolute atomic E-state index is 13.3. The molecule has 31 heavy (non-hydrogen) atoms. The fourth-order valence-corrected chi connectivity index (χ4v) is 10.3. The molecule has 5 nitrogen and oxygen atoms in total. The highest BCUT2D eigenvalue weighted by Crippen LogP contribution is 2.60. The predicted octanol–water partition coefficient (Wildman–Crippen LogP) is 4.24. The Bertz CT molecular complexity index is 1090. The van der Waals surface area contributed by atoms with Crippen LogP contribution >= 0.6 is 11.3 Å². The molecule has 1 aromatic heterocycles. The van der Waals surface area contributed by atoms with Crippen molar-refractivity contribution in [3.63, 3.8) is 0 Å². The Hall–Kier alpha value is -1.44. The second kappa shape index (κ2) is 7.29.